The zero-order valence-corrected chi connectivity index (χ0v) is 21.2. The number of pyridine rings is 1. The van der Waals surface area contributed by atoms with Gasteiger partial charge in [0.2, 0.25) is 5.91 Å². The molecule has 0 spiro atoms. The number of fused-ring (bicyclic) bond motifs is 1. The number of nitrogen functional groups attached to an aromatic ring is 1. The number of carbonyl (C=O) groups is 1. The highest BCUT2D eigenvalue weighted by molar-refractivity contribution is 5.97. The molecule has 1 fully saturated rings. The lowest BCUT2D eigenvalue weighted by Gasteiger charge is -2.32. The van der Waals surface area contributed by atoms with Crippen LogP contribution in [0.4, 0.5) is 5.82 Å². The van der Waals surface area contributed by atoms with Gasteiger partial charge in [0, 0.05) is 19.5 Å². The minimum absolute atomic E-state index is 0.108. The molecule has 0 saturated carbocycles. The average Bonchev–Trinajstić information content (AvgIpc) is 3.30. The monoisotopic (exact) mass is 500 g/mol. The second kappa shape index (κ2) is 10.9. The minimum atomic E-state index is 0.108. The van der Waals surface area contributed by atoms with E-state index in [9.17, 15) is 4.79 Å². The summed E-state index contributed by atoms with van der Waals surface area (Å²) in [6, 6.07) is 13.4. The summed E-state index contributed by atoms with van der Waals surface area (Å²) in [5, 5.41) is 5.61. The molecule has 0 radical (unpaired) electrons. The van der Waals surface area contributed by atoms with Gasteiger partial charge in [-0.15, -0.1) is 0 Å². The van der Waals surface area contributed by atoms with Gasteiger partial charge in [-0.05, 0) is 64.2 Å². The van der Waals surface area contributed by atoms with Gasteiger partial charge in [-0.25, -0.2) is 14.6 Å². The lowest BCUT2D eigenvalue weighted by molar-refractivity contribution is -0.132. The standard InChI is InChI=1S/C27H32N8O2/c1-33(2)14-6-9-23(36)34-15-12-19(13-16-34)35-27-24(26(28)30-18-31-27)25(32-35)22-11-10-21(17-29-22)37-20-7-4-3-5-8-20/h3-5,7-8,10-11,17-19H,6,9,12-16H2,1-2H3,(H2,28,30,31). The average molecular weight is 501 g/mol. The molecule has 37 heavy (non-hydrogen) atoms. The van der Waals surface area contributed by atoms with Gasteiger partial charge in [0.15, 0.2) is 5.65 Å². The van der Waals surface area contributed by atoms with Gasteiger partial charge in [0.1, 0.15) is 29.3 Å². The highest BCUT2D eigenvalue weighted by Crippen LogP contribution is 2.34. The topological polar surface area (TPSA) is 115 Å². The second-order valence-corrected chi connectivity index (χ2v) is 9.56. The van der Waals surface area contributed by atoms with Crippen molar-refractivity contribution in [1.82, 2.24) is 34.5 Å². The van der Waals surface area contributed by atoms with Crippen molar-refractivity contribution < 1.29 is 9.53 Å². The maximum Gasteiger partial charge on any atom is 0.222 e. The zero-order chi connectivity index (χ0) is 25.8. The van der Waals surface area contributed by atoms with E-state index in [1.54, 1.807) is 6.20 Å². The number of likely N-dealkylation sites (tertiary alicyclic amines) is 1. The summed E-state index contributed by atoms with van der Waals surface area (Å²) >= 11 is 0. The largest absolute Gasteiger partial charge is 0.456 e. The van der Waals surface area contributed by atoms with Gasteiger partial charge in [-0.1, -0.05) is 18.2 Å². The van der Waals surface area contributed by atoms with Crippen molar-refractivity contribution in [2.75, 3.05) is 39.5 Å². The van der Waals surface area contributed by atoms with Crippen LogP contribution in [0.3, 0.4) is 0 Å². The number of amides is 1. The van der Waals surface area contributed by atoms with Crippen LogP contribution >= 0.6 is 0 Å². The number of para-hydroxylation sites is 1. The molecule has 2 N–H and O–H groups in total. The molecular formula is C27H32N8O2. The van der Waals surface area contributed by atoms with E-state index in [4.69, 9.17) is 15.6 Å². The predicted octanol–water partition coefficient (Wildman–Crippen LogP) is 3.77. The Labute approximate surface area is 216 Å². The zero-order valence-electron chi connectivity index (χ0n) is 21.2. The lowest BCUT2D eigenvalue weighted by Crippen LogP contribution is -2.39. The normalized spacial score (nSPS) is 14.4. The summed E-state index contributed by atoms with van der Waals surface area (Å²) in [5.74, 6) is 1.96. The Bertz CT molecular complexity index is 1350. The number of carbonyl (C=O) groups excluding carboxylic acids is 1. The quantitative estimate of drug-likeness (QED) is 0.389. The molecule has 1 aromatic carbocycles. The number of hydrogen-bond acceptors (Lipinski definition) is 8. The highest BCUT2D eigenvalue weighted by atomic mass is 16.5. The summed E-state index contributed by atoms with van der Waals surface area (Å²) in [6.45, 7) is 2.32. The van der Waals surface area contributed by atoms with E-state index in [2.05, 4.69) is 19.9 Å². The number of nitrogens with two attached hydrogens (primary N) is 1. The molecule has 1 aliphatic heterocycles. The Morgan fingerprint density at radius 1 is 1.05 bits per heavy atom. The number of ether oxygens (including phenoxy) is 1. The van der Waals surface area contributed by atoms with E-state index in [1.165, 1.54) is 6.33 Å². The van der Waals surface area contributed by atoms with Gasteiger partial charge in [-0.2, -0.15) is 5.10 Å². The molecule has 1 aliphatic rings. The van der Waals surface area contributed by atoms with E-state index in [-0.39, 0.29) is 11.9 Å². The van der Waals surface area contributed by atoms with E-state index < -0.39 is 0 Å². The fraction of sp³-hybridized carbons (Fsp3) is 0.370. The smallest absolute Gasteiger partial charge is 0.222 e. The van der Waals surface area contributed by atoms with Crippen molar-refractivity contribution in [3.05, 3.63) is 55.0 Å². The number of piperidine rings is 1. The van der Waals surface area contributed by atoms with Crippen molar-refractivity contribution in [2.24, 2.45) is 0 Å². The molecule has 4 aromatic rings. The first-order chi connectivity index (χ1) is 18.0. The third-order valence-corrected chi connectivity index (χ3v) is 6.64. The third kappa shape index (κ3) is 5.54. The van der Waals surface area contributed by atoms with E-state index in [0.717, 1.165) is 31.6 Å². The summed E-state index contributed by atoms with van der Waals surface area (Å²) in [4.78, 5) is 30.0. The minimum Gasteiger partial charge on any atom is -0.456 e. The fourth-order valence-corrected chi connectivity index (χ4v) is 4.70. The molecule has 0 atom stereocenters. The van der Waals surface area contributed by atoms with Crippen LogP contribution in [0.25, 0.3) is 22.4 Å². The van der Waals surface area contributed by atoms with E-state index in [0.29, 0.717) is 53.5 Å². The molecule has 0 aliphatic carbocycles. The molecule has 10 nitrogen and oxygen atoms in total. The summed E-state index contributed by atoms with van der Waals surface area (Å²) < 4.78 is 7.81. The van der Waals surface area contributed by atoms with Crippen molar-refractivity contribution in [3.63, 3.8) is 0 Å². The van der Waals surface area contributed by atoms with Crippen LogP contribution in [-0.2, 0) is 4.79 Å². The number of rotatable bonds is 8. The van der Waals surface area contributed by atoms with Gasteiger partial charge < -0.3 is 20.3 Å². The Hall–Kier alpha value is -4.05. The molecule has 4 heterocycles. The summed E-state index contributed by atoms with van der Waals surface area (Å²) in [7, 11) is 4.05. The molecule has 0 unspecified atom stereocenters. The first-order valence-electron chi connectivity index (χ1n) is 12.6. The van der Waals surface area contributed by atoms with Gasteiger partial charge in [0.25, 0.3) is 0 Å². The molecule has 10 heteroatoms. The number of hydrogen-bond donors (Lipinski definition) is 1. The molecular weight excluding hydrogens is 468 g/mol. The van der Waals surface area contributed by atoms with E-state index in [1.807, 2.05) is 66.1 Å². The van der Waals surface area contributed by atoms with Crippen LogP contribution in [0.1, 0.15) is 31.7 Å². The van der Waals surface area contributed by atoms with Crippen molar-refractivity contribution in [2.45, 2.75) is 31.7 Å². The summed E-state index contributed by atoms with van der Waals surface area (Å²) in [6.07, 6.45) is 6.20. The Balaban J connectivity index is 1.34. The van der Waals surface area contributed by atoms with Crippen LogP contribution in [-0.4, -0.2) is 74.2 Å². The number of benzene rings is 1. The van der Waals surface area contributed by atoms with Crippen molar-refractivity contribution >= 4 is 22.8 Å². The van der Waals surface area contributed by atoms with Gasteiger partial charge in [0.05, 0.1) is 23.3 Å². The van der Waals surface area contributed by atoms with Gasteiger partial charge >= 0.3 is 0 Å². The second-order valence-electron chi connectivity index (χ2n) is 9.56. The highest BCUT2D eigenvalue weighted by Gasteiger charge is 2.28. The molecule has 192 valence electrons. The number of aromatic nitrogens is 5. The third-order valence-electron chi connectivity index (χ3n) is 6.64. The van der Waals surface area contributed by atoms with E-state index >= 15 is 0 Å². The fourth-order valence-electron chi connectivity index (χ4n) is 4.70. The first-order valence-corrected chi connectivity index (χ1v) is 12.6. The van der Waals surface area contributed by atoms with Crippen LogP contribution in [0.2, 0.25) is 0 Å². The lowest BCUT2D eigenvalue weighted by atomic mass is 10.0. The van der Waals surface area contributed by atoms with Crippen LogP contribution in [0.5, 0.6) is 11.5 Å². The molecule has 3 aromatic heterocycles. The summed E-state index contributed by atoms with van der Waals surface area (Å²) in [5.41, 5.74) is 8.28. The number of nitrogens with zero attached hydrogens (tertiary/aromatic N) is 7. The maximum absolute atomic E-state index is 12.6. The Kier molecular flexibility index (Phi) is 7.27. The van der Waals surface area contributed by atoms with Crippen LogP contribution < -0.4 is 10.5 Å². The predicted molar refractivity (Wildman–Crippen MR) is 142 cm³/mol. The SMILES string of the molecule is CN(C)CCCC(=O)N1CCC(n2nc(-c3ccc(Oc4ccccc4)cn3)c3c(N)ncnc32)CC1. The molecule has 5 rings (SSSR count). The van der Waals surface area contributed by atoms with Crippen LogP contribution in [0.15, 0.2) is 55.0 Å². The Morgan fingerprint density at radius 2 is 1.84 bits per heavy atom. The van der Waals surface area contributed by atoms with Gasteiger partial charge in [-0.3, -0.25) is 9.78 Å². The molecule has 1 amide bonds. The molecule has 1 saturated heterocycles. The number of anilines is 1. The van der Waals surface area contributed by atoms with Crippen molar-refractivity contribution in [1.29, 1.82) is 0 Å². The van der Waals surface area contributed by atoms with Crippen LogP contribution in [0, 0.1) is 0 Å². The maximum atomic E-state index is 12.6. The Morgan fingerprint density at radius 3 is 2.54 bits per heavy atom. The first kappa shape index (κ1) is 24.6. The van der Waals surface area contributed by atoms with Crippen molar-refractivity contribution in [3.8, 4) is 22.9 Å². The molecule has 0 bridgehead atoms.